The Labute approximate surface area is 83.2 Å². The van der Waals surface area contributed by atoms with E-state index in [4.69, 9.17) is 5.53 Å². The van der Waals surface area contributed by atoms with Crippen LogP contribution in [0.25, 0.3) is 10.4 Å². The topological polar surface area (TPSA) is 82.9 Å². The first kappa shape index (κ1) is 10.0. The van der Waals surface area contributed by atoms with Crippen LogP contribution in [0.1, 0.15) is 0 Å². The van der Waals surface area contributed by atoms with Gasteiger partial charge in [-0.2, -0.15) is 0 Å². The smallest absolute Gasteiger partial charge is 0.216 e. The molecule has 0 saturated heterocycles. The van der Waals surface area contributed by atoms with Crippen LogP contribution in [0.5, 0.6) is 0 Å². The fourth-order valence-electron chi connectivity index (χ4n) is 0.723. The summed E-state index contributed by atoms with van der Waals surface area (Å²) in [6, 6.07) is 5.94. The predicted molar refractivity (Wildman–Crippen MR) is 50.5 cm³/mol. The highest BCUT2D eigenvalue weighted by Gasteiger charge is 2.10. The van der Waals surface area contributed by atoms with Crippen molar-refractivity contribution in [3.8, 4) is 0 Å². The first-order chi connectivity index (χ1) is 6.06. The van der Waals surface area contributed by atoms with Crippen molar-refractivity contribution in [1.29, 1.82) is 0 Å². The molecule has 0 aliphatic heterocycles. The summed E-state index contributed by atoms with van der Waals surface area (Å²) < 4.78 is 25.6. The molecule has 0 bridgehead atoms. The van der Waals surface area contributed by atoms with Crippen LogP contribution in [0.15, 0.2) is 38.2 Å². The second-order valence-electron chi connectivity index (χ2n) is 2.10. The summed E-state index contributed by atoms with van der Waals surface area (Å²) in [5.74, 6) is 0. The van der Waals surface area contributed by atoms with E-state index in [1.165, 1.54) is 12.1 Å². The Hall–Kier alpha value is -1.04. The van der Waals surface area contributed by atoms with E-state index in [-0.39, 0.29) is 4.90 Å². The van der Waals surface area contributed by atoms with Crippen LogP contribution in [-0.4, -0.2) is 8.42 Å². The van der Waals surface area contributed by atoms with E-state index in [0.717, 1.165) is 0 Å². The molecular weight excluding hydrogens is 258 g/mol. The molecule has 0 N–H and O–H groups in total. The number of hydrogen-bond acceptors (Lipinski definition) is 2. The fraction of sp³-hybridized carbons (Fsp3) is 0. The summed E-state index contributed by atoms with van der Waals surface area (Å²) >= 11 is 3.11. The molecule has 68 valence electrons. The number of sulfonamides is 1. The largest absolute Gasteiger partial charge is 0.264 e. The molecule has 13 heavy (non-hydrogen) atoms. The van der Waals surface area contributed by atoms with Gasteiger partial charge in [-0.1, -0.05) is 22.0 Å². The molecule has 0 spiro atoms. The van der Waals surface area contributed by atoms with Crippen LogP contribution in [0, 0.1) is 0 Å². The molecule has 1 rings (SSSR count). The quantitative estimate of drug-likeness (QED) is 0.465. The van der Waals surface area contributed by atoms with Gasteiger partial charge in [0.15, 0.2) is 0 Å². The molecule has 0 radical (unpaired) electrons. The van der Waals surface area contributed by atoms with Gasteiger partial charge in [0.1, 0.15) is 0 Å². The third-order valence-electron chi connectivity index (χ3n) is 1.24. The van der Waals surface area contributed by atoms with Crippen LogP contribution in [0.3, 0.4) is 0 Å². The molecule has 0 aliphatic rings. The number of halogens is 1. The summed E-state index contributed by atoms with van der Waals surface area (Å²) in [5, 5.41) is 0. The van der Waals surface area contributed by atoms with Gasteiger partial charge in [0.25, 0.3) is 10.0 Å². The van der Waals surface area contributed by atoms with Crippen molar-refractivity contribution in [3.05, 3.63) is 39.2 Å². The van der Waals surface area contributed by atoms with Gasteiger partial charge in [0.2, 0.25) is 0 Å². The summed E-state index contributed by atoms with van der Waals surface area (Å²) in [5.41, 5.74) is 8.00. The minimum Gasteiger partial charge on any atom is -0.216 e. The molecule has 7 heteroatoms. The lowest BCUT2D eigenvalue weighted by Gasteiger charge is -1.96. The van der Waals surface area contributed by atoms with E-state index in [0.29, 0.717) is 4.47 Å². The van der Waals surface area contributed by atoms with Crippen LogP contribution < -0.4 is 0 Å². The molecule has 5 nitrogen and oxygen atoms in total. The minimum absolute atomic E-state index is 0.0281. The van der Waals surface area contributed by atoms with Crippen molar-refractivity contribution in [2.75, 3.05) is 0 Å². The third kappa shape index (κ3) is 2.45. The third-order valence-corrected chi connectivity index (χ3v) is 2.87. The molecular formula is C6H4BrN3O2S. The number of hydrogen-bond donors (Lipinski definition) is 0. The highest BCUT2D eigenvalue weighted by molar-refractivity contribution is 9.10. The second kappa shape index (κ2) is 3.78. The monoisotopic (exact) mass is 261 g/mol. The summed E-state index contributed by atoms with van der Waals surface area (Å²) in [4.78, 5) is 2.21. The van der Waals surface area contributed by atoms with Crippen molar-refractivity contribution < 1.29 is 8.42 Å². The zero-order valence-corrected chi connectivity index (χ0v) is 8.66. The maximum atomic E-state index is 11.1. The predicted octanol–water partition coefficient (Wildman–Crippen LogP) is 2.45. The standard InChI is InChI=1S/C6H4BrN3O2S/c7-5-2-1-3-6(4-5)13(11,12)10-9-8/h1-4H. The van der Waals surface area contributed by atoms with Crippen LogP contribution in [-0.2, 0) is 10.0 Å². The van der Waals surface area contributed by atoms with Crippen molar-refractivity contribution in [3.63, 3.8) is 0 Å². The summed E-state index contributed by atoms with van der Waals surface area (Å²) in [6.07, 6.45) is 0. The van der Waals surface area contributed by atoms with Gasteiger partial charge < -0.3 is 0 Å². The van der Waals surface area contributed by atoms with Gasteiger partial charge in [-0.3, -0.25) is 0 Å². The fourth-order valence-corrected chi connectivity index (χ4v) is 1.99. The zero-order chi connectivity index (χ0) is 9.90. The van der Waals surface area contributed by atoms with Crippen LogP contribution >= 0.6 is 15.9 Å². The molecule has 0 unspecified atom stereocenters. The highest BCUT2D eigenvalue weighted by Crippen LogP contribution is 2.17. The Morgan fingerprint density at radius 1 is 1.46 bits per heavy atom. The van der Waals surface area contributed by atoms with Gasteiger partial charge in [-0.25, -0.2) is 8.42 Å². The molecule has 0 amide bonds. The van der Waals surface area contributed by atoms with E-state index in [1.54, 1.807) is 12.1 Å². The first-order valence-electron chi connectivity index (χ1n) is 3.13. The Bertz CT molecular complexity index is 465. The lowest BCUT2D eigenvalue weighted by Crippen LogP contribution is -1.94. The highest BCUT2D eigenvalue weighted by atomic mass is 79.9. The molecule has 1 aromatic rings. The Morgan fingerprint density at radius 3 is 2.69 bits per heavy atom. The average molecular weight is 262 g/mol. The van der Waals surface area contributed by atoms with Crippen molar-refractivity contribution in [2.24, 2.45) is 4.52 Å². The van der Waals surface area contributed by atoms with Crippen LogP contribution in [0.2, 0.25) is 0 Å². The minimum atomic E-state index is -3.85. The number of azide groups is 1. The molecule has 0 saturated carbocycles. The van der Waals surface area contributed by atoms with Crippen molar-refractivity contribution in [2.45, 2.75) is 4.90 Å². The van der Waals surface area contributed by atoms with Gasteiger partial charge in [-0.15, -0.1) is 0 Å². The number of rotatable bonds is 2. The van der Waals surface area contributed by atoms with E-state index in [1.807, 2.05) is 0 Å². The van der Waals surface area contributed by atoms with Gasteiger partial charge >= 0.3 is 0 Å². The normalized spacial score (nSPS) is 10.5. The number of benzene rings is 1. The lowest BCUT2D eigenvalue weighted by molar-refractivity contribution is 0.597. The molecule has 0 fully saturated rings. The molecule has 0 heterocycles. The van der Waals surface area contributed by atoms with Crippen LogP contribution in [0.4, 0.5) is 0 Å². The maximum Gasteiger partial charge on any atom is 0.264 e. The zero-order valence-electron chi connectivity index (χ0n) is 6.25. The molecule has 1 aromatic carbocycles. The van der Waals surface area contributed by atoms with Crippen molar-refractivity contribution in [1.82, 2.24) is 0 Å². The van der Waals surface area contributed by atoms with E-state index < -0.39 is 10.0 Å². The maximum absolute atomic E-state index is 11.1. The Morgan fingerprint density at radius 2 is 2.15 bits per heavy atom. The van der Waals surface area contributed by atoms with E-state index >= 15 is 0 Å². The van der Waals surface area contributed by atoms with Crippen molar-refractivity contribution >= 4 is 26.0 Å². The Kier molecular flexibility index (Phi) is 2.92. The number of nitrogens with zero attached hydrogens (tertiary/aromatic N) is 3. The lowest BCUT2D eigenvalue weighted by atomic mass is 10.4. The summed E-state index contributed by atoms with van der Waals surface area (Å²) in [6.45, 7) is 0. The second-order valence-corrected chi connectivity index (χ2v) is 4.60. The van der Waals surface area contributed by atoms with Gasteiger partial charge in [0.05, 0.1) is 4.90 Å². The van der Waals surface area contributed by atoms with E-state index in [2.05, 4.69) is 25.4 Å². The first-order valence-corrected chi connectivity index (χ1v) is 5.36. The average Bonchev–Trinajstić information content (AvgIpc) is 2.04. The van der Waals surface area contributed by atoms with E-state index in [9.17, 15) is 8.42 Å². The SMILES string of the molecule is [N-]=[N+]=NS(=O)(=O)c1cccc(Br)c1. The Balaban J connectivity index is 3.31. The molecule has 0 aliphatic carbocycles. The van der Waals surface area contributed by atoms with Gasteiger partial charge in [0, 0.05) is 13.9 Å². The van der Waals surface area contributed by atoms with Gasteiger partial charge in [-0.05, 0) is 23.7 Å². The summed E-state index contributed by atoms with van der Waals surface area (Å²) in [7, 11) is -3.85. The molecule has 0 aromatic heterocycles. The molecule has 0 atom stereocenters.